The minimum absolute atomic E-state index is 0.0637. The van der Waals surface area contributed by atoms with Crippen LogP contribution in [-0.2, 0) is 11.2 Å². The molecule has 0 saturated carbocycles. The van der Waals surface area contributed by atoms with Gasteiger partial charge in [0.1, 0.15) is 10.8 Å². The molecule has 1 amide bonds. The Kier molecular flexibility index (Phi) is 4.73. The first-order chi connectivity index (χ1) is 13.1. The van der Waals surface area contributed by atoms with Gasteiger partial charge in [-0.1, -0.05) is 0 Å². The Morgan fingerprint density at radius 1 is 1.30 bits per heavy atom. The van der Waals surface area contributed by atoms with Gasteiger partial charge < -0.3 is 5.32 Å². The zero-order chi connectivity index (χ0) is 18.8. The minimum Gasteiger partial charge on any atom is -0.323 e. The van der Waals surface area contributed by atoms with Crippen molar-refractivity contribution in [2.24, 2.45) is 0 Å². The van der Waals surface area contributed by atoms with Gasteiger partial charge in [-0.05, 0) is 47.0 Å². The van der Waals surface area contributed by atoms with Gasteiger partial charge in [-0.15, -0.1) is 16.4 Å². The summed E-state index contributed by atoms with van der Waals surface area (Å²) in [5, 5.41) is 20.5. The van der Waals surface area contributed by atoms with E-state index in [4.69, 9.17) is 0 Å². The molecule has 136 valence electrons. The molecule has 0 aliphatic carbocycles. The lowest BCUT2D eigenvalue weighted by atomic mass is 10.2. The van der Waals surface area contributed by atoms with Crippen LogP contribution < -0.4 is 5.32 Å². The number of carbonyl (C=O) groups excluding carboxylic acids is 1. The van der Waals surface area contributed by atoms with Gasteiger partial charge in [0.05, 0.1) is 23.5 Å². The van der Waals surface area contributed by atoms with Gasteiger partial charge in [-0.3, -0.25) is 4.79 Å². The molecule has 0 unspecified atom stereocenters. The highest BCUT2D eigenvalue weighted by molar-refractivity contribution is 7.14. The molecule has 0 aliphatic heterocycles. The monoisotopic (exact) mass is 400 g/mol. The van der Waals surface area contributed by atoms with Crippen LogP contribution in [0.15, 0.2) is 40.4 Å². The van der Waals surface area contributed by atoms with E-state index in [2.05, 4.69) is 25.8 Å². The first kappa shape index (κ1) is 17.4. The van der Waals surface area contributed by atoms with E-state index < -0.39 is 5.82 Å². The Morgan fingerprint density at radius 3 is 2.93 bits per heavy atom. The van der Waals surface area contributed by atoms with Gasteiger partial charge in [-0.2, -0.15) is 16.0 Å². The lowest BCUT2D eigenvalue weighted by molar-refractivity contribution is -0.115. The van der Waals surface area contributed by atoms with E-state index in [1.54, 1.807) is 24.3 Å². The van der Waals surface area contributed by atoms with Crippen molar-refractivity contribution in [3.8, 4) is 16.3 Å². The Hall–Kier alpha value is -2.98. The molecule has 0 fully saturated rings. The maximum absolute atomic E-state index is 14.1. The summed E-state index contributed by atoms with van der Waals surface area (Å²) in [6, 6.07) is 6.29. The molecule has 10 heteroatoms. The second kappa shape index (κ2) is 7.33. The third kappa shape index (κ3) is 3.76. The third-order valence-corrected chi connectivity index (χ3v) is 5.38. The van der Waals surface area contributed by atoms with E-state index in [0.29, 0.717) is 17.2 Å². The maximum Gasteiger partial charge on any atom is 0.230 e. The summed E-state index contributed by atoms with van der Waals surface area (Å²) in [5.41, 5.74) is 2.31. The number of aromatic nitrogens is 5. The van der Waals surface area contributed by atoms with Crippen LogP contribution in [-0.4, -0.2) is 31.1 Å². The molecule has 0 radical (unpaired) electrons. The van der Waals surface area contributed by atoms with Gasteiger partial charge >= 0.3 is 0 Å². The number of tetrazole rings is 1. The SMILES string of the molecule is Cc1nnnn1-c1ccc(F)c(NC(=O)Cc2csc(-c3ccsc3)n2)c1. The quantitative estimate of drug-likeness (QED) is 0.554. The number of rotatable bonds is 5. The number of aryl methyl sites for hydroxylation is 1. The minimum atomic E-state index is -0.532. The molecule has 7 nitrogen and oxygen atoms in total. The molecule has 4 rings (SSSR count). The second-order valence-electron chi connectivity index (χ2n) is 5.68. The van der Waals surface area contributed by atoms with Crippen molar-refractivity contribution >= 4 is 34.3 Å². The summed E-state index contributed by atoms with van der Waals surface area (Å²) in [6.45, 7) is 1.73. The number of nitrogens with one attached hydrogen (secondary N) is 1. The van der Waals surface area contributed by atoms with Gasteiger partial charge in [0.15, 0.2) is 5.82 Å². The molecule has 1 aromatic carbocycles. The van der Waals surface area contributed by atoms with E-state index in [1.807, 2.05) is 22.2 Å². The second-order valence-corrected chi connectivity index (χ2v) is 7.32. The molecule has 0 atom stereocenters. The van der Waals surface area contributed by atoms with E-state index in [9.17, 15) is 9.18 Å². The first-order valence-electron chi connectivity index (χ1n) is 7.92. The number of thiophene rings is 1. The fourth-order valence-electron chi connectivity index (χ4n) is 2.48. The highest BCUT2D eigenvalue weighted by Gasteiger charge is 2.13. The van der Waals surface area contributed by atoms with E-state index in [0.717, 1.165) is 10.6 Å². The summed E-state index contributed by atoms with van der Waals surface area (Å²) >= 11 is 3.07. The molecule has 1 N–H and O–H groups in total. The molecule has 3 heterocycles. The Morgan fingerprint density at radius 2 is 2.19 bits per heavy atom. The Labute approximate surface area is 161 Å². The summed E-state index contributed by atoms with van der Waals surface area (Å²) in [5.74, 6) is -0.320. The van der Waals surface area contributed by atoms with Crippen molar-refractivity contribution in [2.45, 2.75) is 13.3 Å². The first-order valence-corrected chi connectivity index (χ1v) is 9.74. The molecule has 0 bridgehead atoms. The normalized spacial score (nSPS) is 10.9. The molecule has 0 saturated heterocycles. The molecule has 3 aromatic heterocycles. The number of thiazole rings is 1. The van der Waals surface area contributed by atoms with Crippen LogP contribution in [0.2, 0.25) is 0 Å². The summed E-state index contributed by atoms with van der Waals surface area (Å²) in [6.07, 6.45) is 0.0637. The van der Waals surface area contributed by atoms with E-state index in [-0.39, 0.29) is 18.0 Å². The fraction of sp³-hybridized carbons (Fsp3) is 0.118. The molecule has 4 aromatic rings. The van der Waals surface area contributed by atoms with Crippen LogP contribution >= 0.6 is 22.7 Å². The number of anilines is 1. The number of hydrogen-bond donors (Lipinski definition) is 1. The largest absolute Gasteiger partial charge is 0.323 e. The van der Waals surface area contributed by atoms with Crippen LogP contribution in [0.4, 0.5) is 10.1 Å². The molecular weight excluding hydrogens is 387 g/mol. The smallest absolute Gasteiger partial charge is 0.230 e. The van der Waals surface area contributed by atoms with Gasteiger partial charge in [0.2, 0.25) is 5.91 Å². The lowest BCUT2D eigenvalue weighted by Gasteiger charge is -2.08. The average molecular weight is 400 g/mol. The summed E-state index contributed by atoms with van der Waals surface area (Å²) in [4.78, 5) is 16.8. The van der Waals surface area contributed by atoms with Crippen LogP contribution in [0.25, 0.3) is 16.3 Å². The number of benzene rings is 1. The highest BCUT2D eigenvalue weighted by atomic mass is 32.1. The zero-order valence-corrected chi connectivity index (χ0v) is 15.7. The van der Waals surface area contributed by atoms with Crippen LogP contribution in [0, 0.1) is 12.7 Å². The number of nitrogens with zero attached hydrogens (tertiary/aromatic N) is 5. The predicted molar refractivity (Wildman–Crippen MR) is 102 cm³/mol. The van der Waals surface area contributed by atoms with E-state index in [1.165, 1.54) is 28.2 Å². The van der Waals surface area contributed by atoms with Gasteiger partial charge in [0, 0.05) is 16.3 Å². The summed E-state index contributed by atoms with van der Waals surface area (Å²) in [7, 11) is 0. The maximum atomic E-state index is 14.1. The molecule has 0 spiro atoms. The van der Waals surface area contributed by atoms with Crippen LogP contribution in [0.3, 0.4) is 0 Å². The number of carbonyl (C=O) groups is 1. The summed E-state index contributed by atoms with van der Waals surface area (Å²) < 4.78 is 15.6. The third-order valence-electron chi connectivity index (χ3n) is 3.76. The standard InChI is InChI=1S/C17H13FN6OS2/c1-10-21-22-23-24(10)13-2-3-14(18)15(7-13)20-16(25)6-12-9-27-17(19-12)11-4-5-26-8-11/h2-5,7-9H,6H2,1H3,(H,20,25). The van der Waals surface area contributed by atoms with Crippen LogP contribution in [0.1, 0.15) is 11.5 Å². The van der Waals surface area contributed by atoms with Gasteiger partial charge in [0.25, 0.3) is 0 Å². The van der Waals surface area contributed by atoms with Crippen LogP contribution in [0.5, 0.6) is 0 Å². The number of amides is 1. The van der Waals surface area contributed by atoms with E-state index >= 15 is 0 Å². The zero-order valence-electron chi connectivity index (χ0n) is 14.1. The fourth-order valence-corrected chi connectivity index (χ4v) is 4.01. The Balaban J connectivity index is 1.49. The Bertz CT molecular complexity index is 1090. The molecule has 0 aliphatic rings. The number of hydrogen-bond acceptors (Lipinski definition) is 7. The topological polar surface area (TPSA) is 85.6 Å². The van der Waals surface area contributed by atoms with Crippen molar-refractivity contribution in [1.82, 2.24) is 25.2 Å². The van der Waals surface area contributed by atoms with Crippen molar-refractivity contribution in [1.29, 1.82) is 0 Å². The lowest BCUT2D eigenvalue weighted by Crippen LogP contribution is -2.16. The average Bonchev–Trinajstić information content (AvgIpc) is 3.38. The molecular formula is C17H13FN6OS2. The number of halogens is 1. The molecule has 27 heavy (non-hydrogen) atoms. The van der Waals surface area contributed by atoms with Crippen molar-refractivity contribution < 1.29 is 9.18 Å². The van der Waals surface area contributed by atoms with Crippen molar-refractivity contribution in [3.63, 3.8) is 0 Å². The van der Waals surface area contributed by atoms with Crippen molar-refractivity contribution in [3.05, 3.63) is 57.7 Å². The predicted octanol–water partition coefficient (Wildman–Crippen LogP) is 3.48. The van der Waals surface area contributed by atoms with Crippen molar-refractivity contribution in [2.75, 3.05) is 5.32 Å². The highest BCUT2D eigenvalue weighted by Crippen LogP contribution is 2.26. The van der Waals surface area contributed by atoms with Gasteiger partial charge in [-0.25, -0.2) is 9.37 Å².